The number of carbonyl (C=O) groups excluding carboxylic acids is 9. The number of unbranched alkanes of at least 4 members (excludes halogenated alkanes) is 1. The van der Waals surface area contributed by atoms with E-state index in [-0.39, 0.29) is 108 Å². The zero-order valence-electron chi connectivity index (χ0n) is 77.1. The van der Waals surface area contributed by atoms with E-state index >= 15 is 8.78 Å². The maximum absolute atomic E-state index is 18.1. The molecule has 722 valence electrons. The number of Topliss-reactive ketones (excluding diaryl/α,β-unsaturated/α-hetero) is 1. The number of ether oxygens (including phenoxy) is 13. The van der Waals surface area contributed by atoms with Crippen molar-refractivity contribution in [2.24, 2.45) is 56.4 Å². The van der Waals surface area contributed by atoms with E-state index in [0.29, 0.717) is 173 Å². The molecule has 3 unspecified atom stereocenters. The zero-order chi connectivity index (χ0) is 93.0. The van der Waals surface area contributed by atoms with E-state index < -0.39 is 136 Å². The van der Waals surface area contributed by atoms with E-state index in [1.165, 1.54) is 50.3 Å². The molecule has 36 heteroatoms. The summed E-state index contributed by atoms with van der Waals surface area (Å²) in [6.45, 7) is 16.5. The lowest BCUT2D eigenvalue weighted by Crippen LogP contribution is -2.71. The van der Waals surface area contributed by atoms with Gasteiger partial charge >= 0.3 is 0 Å². The van der Waals surface area contributed by atoms with Crippen LogP contribution in [-0.2, 0) is 100.0 Å². The molecule has 0 spiro atoms. The summed E-state index contributed by atoms with van der Waals surface area (Å²) >= 11 is 0. The third kappa shape index (κ3) is 30.6. The Morgan fingerprint density at radius 2 is 1.26 bits per heavy atom. The van der Waals surface area contributed by atoms with Gasteiger partial charge in [0.25, 0.3) is 0 Å². The fourth-order valence-electron chi connectivity index (χ4n) is 18.6. The highest BCUT2D eigenvalue weighted by atomic mass is 19.1. The summed E-state index contributed by atoms with van der Waals surface area (Å²) in [7, 11) is 6.21. The number of aliphatic hydroxyl groups excluding tert-OH is 1. The zero-order valence-corrected chi connectivity index (χ0v) is 77.1. The molecule has 7 aliphatic carbocycles. The minimum absolute atomic E-state index is 0.00691. The number of rotatable bonds is 58. The number of hydrogen-bond donors (Lipinski definition) is 9. The van der Waals surface area contributed by atoms with Crippen molar-refractivity contribution in [3.05, 3.63) is 48.1 Å². The molecule has 0 aromatic heterocycles. The summed E-state index contributed by atoms with van der Waals surface area (Å²) in [5, 5.41) is 35.9. The molecule has 10 N–H and O–H groups in total. The van der Waals surface area contributed by atoms with Crippen LogP contribution in [0.5, 0.6) is 5.75 Å². The number of hydrogen-bond acceptors (Lipinski definition) is 26. The second kappa shape index (κ2) is 52.5. The summed E-state index contributed by atoms with van der Waals surface area (Å²) in [6, 6.07) is 2.66. The van der Waals surface area contributed by atoms with Gasteiger partial charge in [0.15, 0.2) is 23.3 Å². The summed E-state index contributed by atoms with van der Waals surface area (Å²) in [4.78, 5) is 126. The van der Waals surface area contributed by atoms with Crippen LogP contribution >= 0.6 is 0 Å². The number of allylic oxidation sites excluding steroid dienone is 4. The van der Waals surface area contributed by atoms with Crippen molar-refractivity contribution in [1.29, 1.82) is 0 Å². The van der Waals surface area contributed by atoms with Crippen LogP contribution in [0.4, 0.5) is 14.5 Å². The second-order valence-electron chi connectivity index (χ2n) is 36.3. The lowest BCUT2D eigenvalue weighted by molar-refractivity contribution is -0.869. The number of quaternary nitrogens is 1. The molecule has 8 aliphatic rings. The number of nitrogens with two attached hydrogens (primary N) is 1. The predicted molar refractivity (Wildman–Crippen MR) is 475 cm³/mol. The molecule has 1 aromatic rings. The lowest BCUT2D eigenvalue weighted by Gasteiger charge is -2.63. The fourth-order valence-corrected chi connectivity index (χ4v) is 18.6. The van der Waals surface area contributed by atoms with E-state index in [2.05, 4.69) is 75.3 Å². The van der Waals surface area contributed by atoms with Crippen LogP contribution in [0, 0.1) is 52.3 Å². The molecule has 0 radical (unpaired) electrons. The van der Waals surface area contributed by atoms with Crippen molar-refractivity contribution in [2.45, 2.75) is 230 Å². The number of likely N-dealkylation sites (N-methyl/N-ethyl adjacent to an activating group) is 1. The molecule has 1 aromatic carbocycles. The summed E-state index contributed by atoms with van der Waals surface area (Å²) in [5.74, 6) is 7.28. The number of nitrogens with zero attached hydrogens (tertiary/aromatic N) is 3. The molecule has 1 aliphatic heterocycles. The number of ketones is 2. The first kappa shape index (κ1) is 105. The van der Waals surface area contributed by atoms with Gasteiger partial charge in [0, 0.05) is 61.2 Å². The van der Waals surface area contributed by atoms with Crippen LogP contribution in [0.1, 0.15) is 164 Å². The van der Waals surface area contributed by atoms with Gasteiger partial charge in [0.1, 0.15) is 61.7 Å². The van der Waals surface area contributed by atoms with Crippen molar-refractivity contribution in [2.75, 3.05) is 185 Å². The van der Waals surface area contributed by atoms with Gasteiger partial charge in [-0.15, -0.1) is 11.8 Å². The van der Waals surface area contributed by atoms with Crippen LogP contribution in [0.3, 0.4) is 0 Å². The standard InChI is InChI=1S/C93H143F2N11O23/c1-10-20-83-128-78-57-69-70-56-72(94)71-55-65(107)30-33-90(71,5)92(70,95)76(108)58-91(69,6)93(78,129-83)77(109)59-125-66-28-26-64(27-29-66)102-87(114)63(4)101-89(116)84(62(2)3)104-88(115)74(103-80(111)32-40-118-44-48-122-52-54-124-50-46-120-42-37-100-82(113)61-127-86-67-21-14-11-12-15-22-68(67)86)24-18-19-34-98-81(112)60-126-75-25-17-13-16-23-73(85(75)105-96)97-36-41-119-45-49-123-53-51-121-47-43-117-39-31-79(110)99-35-38-106(7,8)9/h26-30,33,55,62-63,67-70,72,74-76,78,83-84,86,108H,10,13-25,31-32,34-54,56-61H2,1-9H3,(H8-,96,97,98,99,100,101,102,103,104,110,111,112,113,114,115,116)/p+1/t63-,67-,68+,69-,70-,72-,74+,75?,76-,78+,83?,84-,86?,90-,91-,92-,93+/m0/s1. The third-order valence-electron chi connectivity index (χ3n) is 25.7. The maximum Gasteiger partial charge on any atom is 0.246 e. The predicted octanol–water partition coefficient (Wildman–Crippen LogP) is 5.36. The Labute approximate surface area is 758 Å². The van der Waals surface area contributed by atoms with Crippen molar-refractivity contribution in [3.8, 4) is 17.6 Å². The molecule has 17 atom stereocenters. The van der Waals surface area contributed by atoms with Crippen molar-refractivity contribution in [3.63, 3.8) is 0 Å². The number of anilines is 1. The lowest BCUT2D eigenvalue weighted by atomic mass is 9.44. The Balaban J connectivity index is 0.698. The summed E-state index contributed by atoms with van der Waals surface area (Å²) in [6.07, 6.45) is 7.63. The van der Waals surface area contributed by atoms with Gasteiger partial charge in [-0.1, -0.05) is 53.0 Å². The number of aliphatic hydroxyl groups is 1. The van der Waals surface area contributed by atoms with Crippen molar-refractivity contribution in [1.82, 2.24) is 31.9 Å². The van der Waals surface area contributed by atoms with Crippen molar-refractivity contribution < 1.29 is 123 Å². The van der Waals surface area contributed by atoms with Gasteiger partial charge in [-0.25, -0.2) is 8.78 Å². The van der Waals surface area contributed by atoms with Crippen LogP contribution in [0.15, 0.2) is 58.2 Å². The Hall–Kier alpha value is -7.87. The van der Waals surface area contributed by atoms with E-state index in [4.69, 9.17) is 72.4 Å². The largest absolute Gasteiger partial charge is 0.486 e. The third-order valence-corrected chi connectivity index (χ3v) is 25.7. The summed E-state index contributed by atoms with van der Waals surface area (Å²) in [5.41, 5.74) is -5.47. The molecule has 9 rings (SSSR count). The quantitative estimate of drug-likeness (QED) is 0.0130. The highest BCUT2D eigenvalue weighted by Crippen LogP contribution is 2.72. The van der Waals surface area contributed by atoms with Crippen LogP contribution in [-0.4, -0.2) is 320 Å². The molecule has 129 heavy (non-hydrogen) atoms. The molecule has 1 heterocycles. The first-order valence-corrected chi connectivity index (χ1v) is 46.5. The first-order chi connectivity index (χ1) is 62.0. The normalized spacial score (nSPS) is 27.6. The number of aliphatic imine (C=N–C) groups is 1. The van der Waals surface area contributed by atoms with Crippen LogP contribution in [0.25, 0.3) is 0 Å². The number of benzene rings is 1. The Bertz CT molecular complexity index is 3980. The topological polar surface area (TPSA) is 429 Å². The molecule has 6 fully saturated rings. The number of halogens is 2. The van der Waals surface area contributed by atoms with E-state index in [9.17, 15) is 48.3 Å². The molecular weight excluding hydrogens is 1680 g/mol. The molecule has 1 saturated heterocycles. The molecule has 5 saturated carbocycles. The maximum atomic E-state index is 18.1. The summed E-state index contributed by atoms with van der Waals surface area (Å²) < 4.78 is 112. The SMILES string of the molecule is CCCC1O[C@@H]2C[C@H]3[C@@H]4C[C@H](F)C5=CC(=O)C=C[C@]5(C)[C@@]4(F)[C@@H](O)C[C@]3(C)[C@]2(C(=O)COc2ccc(NC(=O)[C@H](C)NC(=O)[C@@H](NC(=O)[C@@H](CCCCNC(=O)COC3CCCCCC(=NCCOCCOCCOCCOCCC(=O)NCC[N+](C)(C)C)C3=NN)NC(=O)CCOCCOCCOCCOCCNC(=O)COC3[C@H]4CCC#CCC[C@@H]34)C(C)C)cc2)O1. The number of hydrazone groups is 1. The average Bonchev–Trinajstić information content (AvgIpc) is 1.53. The molecule has 0 bridgehead atoms. The smallest absolute Gasteiger partial charge is 0.246 e. The van der Waals surface area contributed by atoms with E-state index in [1.54, 1.807) is 20.8 Å². The fraction of sp³-hybridized carbons (Fsp3) is 0.753. The number of amides is 7. The average molecular weight is 1820 g/mol. The molecular formula is C93H144F2N11O23+. The van der Waals surface area contributed by atoms with Gasteiger partial charge in [-0.05, 0) is 157 Å². The monoisotopic (exact) mass is 1820 g/mol. The Morgan fingerprint density at radius 3 is 1.88 bits per heavy atom. The molecule has 7 amide bonds. The van der Waals surface area contributed by atoms with Gasteiger partial charge in [-0.2, -0.15) is 5.10 Å². The minimum Gasteiger partial charge on any atom is -0.486 e. The number of carbonyl (C=O) groups is 9. The first-order valence-electron chi connectivity index (χ1n) is 46.5. The van der Waals surface area contributed by atoms with Crippen molar-refractivity contribution >= 4 is 70.0 Å². The van der Waals surface area contributed by atoms with Gasteiger partial charge in [-0.3, -0.25) is 48.1 Å². The Morgan fingerprint density at radius 1 is 0.667 bits per heavy atom. The minimum atomic E-state index is -2.38. The van der Waals surface area contributed by atoms with E-state index in [0.717, 1.165) is 62.0 Å². The highest BCUT2D eigenvalue weighted by molar-refractivity contribution is 6.44. The molecule has 34 nitrogen and oxygen atoms in total. The number of fused-ring (bicyclic) bond motifs is 8. The second-order valence-corrected chi connectivity index (χ2v) is 36.3. The Kier molecular flexibility index (Phi) is 42.7. The van der Waals surface area contributed by atoms with E-state index in [1.807, 2.05) is 6.92 Å². The van der Waals surface area contributed by atoms with Crippen LogP contribution < -0.4 is 47.8 Å². The number of nitrogens with one attached hydrogen (secondary N) is 7. The van der Waals surface area contributed by atoms with Gasteiger partial charge < -0.3 is 114 Å². The van der Waals surface area contributed by atoms with Crippen LogP contribution in [0.2, 0.25) is 0 Å². The highest BCUT2D eigenvalue weighted by Gasteiger charge is 2.80. The van der Waals surface area contributed by atoms with Gasteiger partial charge in [0.2, 0.25) is 47.1 Å². The number of alkyl halides is 2. The van der Waals surface area contributed by atoms with Gasteiger partial charge in [0.05, 0.1) is 171 Å².